The van der Waals surface area contributed by atoms with Crippen LogP contribution in [0.15, 0.2) is 0 Å². The molecule has 0 saturated carbocycles. The summed E-state index contributed by atoms with van der Waals surface area (Å²) >= 11 is 2.64. The monoisotopic (exact) mass is 219 g/mol. The van der Waals surface area contributed by atoms with Gasteiger partial charge in [0, 0.05) is 0 Å². The van der Waals surface area contributed by atoms with Gasteiger partial charge in [-0.15, -0.1) is 0 Å². The first-order valence-corrected chi connectivity index (χ1v) is 6.23. The maximum Gasteiger partial charge on any atom is 0.320 e. The minimum absolute atomic E-state index is 0.275. The lowest BCUT2D eigenvalue weighted by Gasteiger charge is -2.09. The molecule has 0 bridgehead atoms. The zero-order valence-corrected chi connectivity index (χ0v) is 9.41. The van der Waals surface area contributed by atoms with Crippen LogP contribution < -0.4 is 0 Å². The molecule has 0 N–H and O–H groups in total. The van der Waals surface area contributed by atoms with Crippen LogP contribution in [0.4, 0.5) is 0 Å². The van der Waals surface area contributed by atoms with Crippen molar-refractivity contribution in [1.29, 1.82) is 5.26 Å². The first kappa shape index (κ1) is 12.7. The van der Waals surface area contributed by atoms with E-state index in [9.17, 15) is 4.79 Å². The van der Waals surface area contributed by atoms with Crippen molar-refractivity contribution in [3.8, 4) is 5.40 Å². The van der Waals surface area contributed by atoms with E-state index in [0.29, 0.717) is 13.0 Å². The Morgan fingerprint density at radius 2 is 2.38 bits per heavy atom. The average Bonchev–Trinajstić information content (AvgIpc) is 2.12. The van der Waals surface area contributed by atoms with Gasteiger partial charge in [0.25, 0.3) is 0 Å². The average molecular weight is 219 g/mol. The fourth-order valence-corrected chi connectivity index (χ4v) is 1.90. The molecule has 1 unspecified atom stereocenters. The number of esters is 1. The van der Waals surface area contributed by atoms with E-state index in [1.165, 1.54) is 0 Å². The Balaban J connectivity index is 3.92. The molecule has 0 aromatic carbocycles. The molecule has 0 heterocycles. The molecule has 0 rings (SSSR count). The van der Waals surface area contributed by atoms with Crippen LogP contribution in [0.1, 0.15) is 13.3 Å². The molecule has 0 aliphatic rings. The van der Waals surface area contributed by atoms with Crippen LogP contribution in [0.3, 0.4) is 0 Å². The number of nitrogens with zero attached hydrogens (tertiary/aromatic N) is 1. The molecule has 13 heavy (non-hydrogen) atoms. The zero-order chi connectivity index (χ0) is 10.1. The Kier molecular flexibility index (Phi) is 8.05. The van der Waals surface area contributed by atoms with Crippen LogP contribution in [-0.2, 0) is 9.53 Å². The number of nitriles is 1. The first-order valence-electron chi connectivity index (χ1n) is 3.96. The summed E-state index contributed by atoms with van der Waals surface area (Å²) in [5, 5.41) is 10.1. The highest BCUT2D eigenvalue weighted by Gasteiger charge is 2.19. The Morgan fingerprint density at radius 3 is 2.85 bits per heavy atom. The molecule has 0 spiro atoms. The molecule has 5 heteroatoms. The lowest BCUT2D eigenvalue weighted by atomic mass is 10.3. The topological polar surface area (TPSA) is 50.1 Å². The highest BCUT2D eigenvalue weighted by molar-refractivity contribution is 8.05. The molecular formula is C8H13NO2S2. The second-order valence-electron chi connectivity index (χ2n) is 2.23. The number of hydrogen-bond donors (Lipinski definition) is 0. The fraction of sp³-hybridized carbons (Fsp3) is 0.750. The van der Waals surface area contributed by atoms with Crippen molar-refractivity contribution in [3.05, 3.63) is 0 Å². The molecule has 0 amide bonds. The highest BCUT2D eigenvalue weighted by Crippen LogP contribution is 2.16. The maximum atomic E-state index is 11.2. The molecule has 74 valence electrons. The highest BCUT2D eigenvalue weighted by atomic mass is 32.2. The quantitative estimate of drug-likeness (QED) is 0.504. The van der Waals surface area contributed by atoms with Gasteiger partial charge in [0.05, 0.1) is 6.61 Å². The Bertz CT molecular complexity index is 191. The number of thiocyanates is 1. The van der Waals surface area contributed by atoms with Crippen molar-refractivity contribution in [2.75, 3.05) is 18.6 Å². The normalized spacial score (nSPS) is 11.8. The molecule has 3 nitrogen and oxygen atoms in total. The fourth-order valence-electron chi connectivity index (χ4n) is 0.749. The summed E-state index contributed by atoms with van der Waals surface area (Å²) in [6.07, 6.45) is 2.66. The summed E-state index contributed by atoms with van der Waals surface area (Å²) in [5.74, 6) is 0.598. The molecule has 1 atom stereocenters. The number of carbonyl (C=O) groups is 1. The van der Waals surface area contributed by atoms with Crippen molar-refractivity contribution in [3.63, 3.8) is 0 Å². The molecule has 0 saturated heterocycles. The minimum Gasteiger partial charge on any atom is -0.465 e. The number of thioether (sulfide) groups is 2. The van der Waals surface area contributed by atoms with Crippen molar-refractivity contribution in [1.82, 2.24) is 0 Å². The Labute approximate surface area is 87.2 Å². The van der Waals surface area contributed by atoms with Gasteiger partial charge in [-0.1, -0.05) is 0 Å². The summed E-state index contributed by atoms with van der Waals surface area (Å²) in [6.45, 7) is 2.14. The molecule has 0 aliphatic carbocycles. The molecule has 0 fully saturated rings. The smallest absolute Gasteiger partial charge is 0.320 e. The third-order valence-electron chi connectivity index (χ3n) is 1.33. The van der Waals surface area contributed by atoms with Crippen molar-refractivity contribution < 1.29 is 9.53 Å². The van der Waals surface area contributed by atoms with Crippen LogP contribution in [0, 0.1) is 10.7 Å². The molecule has 0 aromatic rings. The standard InChI is InChI=1S/C8H13NO2S2/c1-3-11-8(10)7(13-6-9)4-5-12-2/h7H,3-5H2,1-2H3. The van der Waals surface area contributed by atoms with E-state index in [0.717, 1.165) is 17.5 Å². The van der Waals surface area contributed by atoms with Crippen molar-refractivity contribution in [2.45, 2.75) is 18.6 Å². The second-order valence-corrected chi connectivity index (χ2v) is 4.20. The van der Waals surface area contributed by atoms with Gasteiger partial charge in [-0.2, -0.15) is 17.0 Å². The summed E-state index contributed by atoms with van der Waals surface area (Å²) in [6, 6.07) is 0. The molecule has 0 aromatic heterocycles. The van der Waals surface area contributed by atoms with Crippen LogP contribution >= 0.6 is 23.5 Å². The molecule has 0 aliphatic heterocycles. The van der Waals surface area contributed by atoms with E-state index >= 15 is 0 Å². The zero-order valence-electron chi connectivity index (χ0n) is 7.78. The van der Waals surface area contributed by atoms with Crippen LogP contribution in [0.25, 0.3) is 0 Å². The van der Waals surface area contributed by atoms with E-state index in [1.807, 2.05) is 11.7 Å². The van der Waals surface area contributed by atoms with E-state index in [2.05, 4.69) is 0 Å². The maximum absolute atomic E-state index is 11.2. The van der Waals surface area contributed by atoms with Gasteiger partial charge in [-0.25, -0.2) is 0 Å². The van der Waals surface area contributed by atoms with E-state index in [4.69, 9.17) is 10.00 Å². The van der Waals surface area contributed by atoms with Crippen LogP contribution in [0.5, 0.6) is 0 Å². The van der Waals surface area contributed by atoms with Gasteiger partial charge in [0.1, 0.15) is 10.7 Å². The van der Waals surface area contributed by atoms with E-state index < -0.39 is 0 Å². The number of ether oxygens (including phenoxy) is 1. The Hall–Kier alpha value is -0.340. The van der Waals surface area contributed by atoms with Gasteiger partial charge in [0.15, 0.2) is 0 Å². The summed E-state index contributed by atoms with van der Waals surface area (Å²) in [7, 11) is 0. The first-order chi connectivity index (χ1) is 6.26. The van der Waals surface area contributed by atoms with Crippen molar-refractivity contribution in [2.24, 2.45) is 0 Å². The van der Waals surface area contributed by atoms with Gasteiger partial charge < -0.3 is 4.74 Å². The predicted octanol–water partition coefficient (Wildman–Crippen LogP) is 1.89. The number of carbonyl (C=O) groups excluding carboxylic acids is 1. The SMILES string of the molecule is CCOC(=O)C(CCSC)SC#N. The second kappa shape index (κ2) is 8.27. The van der Waals surface area contributed by atoms with Crippen LogP contribution in [-0.4, -0.2) is 29.8 Å². The van der Waals surface area contributed by atoms with Gasteiger partial charge >= 0.3 is 5.97 Å². The molecular weight excluding hydrogens is 206 g/mol. The van der Waals surface area contributed by atoms with Crippen LogP contribution in [0.2, 0.25) is 0 Å². The lowest BCUT2D eigenvalue weighted by Crippen LogP contribution is -2.20. The van der Waals surface area contributed by atoms with E-state index in [-0.39, 0.29) is 11.2 Å². The van der Waals surface area contributed by atoms with Crippen molar-refractivity contribution >= 4 is 29.5 Å². The summed E-state index contributed by atoms with van der Waals surface area (Å²) in [5.41, 5.74) is 0. The minimum atomic E-state index is -0.322. The third-order valence-corrected chi connectivity index (χ3v) is 2.79. The number of hydrogen-bond acceptors (Lipinski definition) is 5. The summed E-state index contributed by atoms with van der Waals surface area (Å²) < 4.78 is 4.83. The largest absolute Gasteiger partial charge is 0.465 e. The Morgan fingerprint density at radius 1 is 1.69 bits per heavy atom. The predicted molar refractivity (Wildman–Crippen MR) is 56.6 cm³/mol. The van der Waals surface area contributed by atoms with Gasteiger partial charge in [0.2, 0.25) is 0 Å². The molecule has 0 radical (unpaired) electrons. The lowest BCUT2D eigenvalue weighted by molar-refractivity contribution is -0.142. The summed E-state index contributed by atoms with van der Waals surface area (Å²) in [4.78, 5) is 11.2. The number of rotatable bonds is 6. The van der Waals surface area contributed by atoms with E-state index in [1.54, 1.807) is 18.7 Å². The van der Waals surface area contributed by atoms with Gasteiger partial charge in [-0.05, 0) is 37.1 Å². The third kappa shape index (κ3) is 5.83. The van der Waals surface area contributed by atoms with Gasteiger partial charge in [-0.3, -0.25) is 4.79 Å².